The number of hydrogen-bond acceptors (Lipinski definition) is 2. The van der Waals surface area contributed by atoms with E-state index >= 15 is 0 Å². The highest BCUT2D eigenvalue weighted by Gasteiger charge is 2.12. The average Bonchev–Trinajstić information content (AvgIpc) is 2.29. The minimum Gasteiger partial charge on any atom is -0.298 e. The fourth-order valence-corrected chi connectivity index (χ4v) is 1.40. The van der Waals surface area contributed by atoms with Gasteiger partial charge in [0.2, 0.25) is 0 Å². The molecule has 0 atom stereocenters. The summed E-state index contributed by atoms with van der Waals surface area (Å²) in [6.45, 7) is 0. The van der Waals surface area contributed by atoms with Gasteiger partial charge >= 0.3 is 0 Å². The van der Waals surface area contributed by atoms with Gasteiger partial charge in [0.05, 0.1) is 11.3 Å². The van der Waals surface area contributed by atoms with E-state index in [4.69, 9.17) is 0 Å². The van der Waals surface area contributed by atoms with Crippen LogP contribution in [0.3, 0.4) is 0 Å². The van der Waals surface area contributed by atoms with E-state index in [0.29, 0.717) is 11.8 Å². The van der Waals surface area contributed by atoms with Gasteiger partial charge in [-0.25, -0.2) is 8.78 Å². The average molecular weight is 219 g/mol. The fraction of sp³-hybridized carbons (Fsp3) is 0. The Hall–Kier alpha value is -2.10. The summed E-state index contributed by atoms with van der Waals surface area (Å²) >= 11 is 0. The third-order valence-electron chi connectivity index (χ3n) is 2.14. The molecule has 0 amide bonds. The van der Waals surface area contributed by atoms with E-state index in [1.54, 1.807) is 0 Å². The lowest BCUT2D eigenvalue weighted by Crippen LogP contribution is -1.93. The molecule has 2 aromatic rings. The number of aromatic nitrogens is 1. The van der Waals surface area contributed by atoms with Crippen molar-refractivity contribution in [1.82, 2.24) is 4.98 Å². The lowest BCUT2D eigenvalue weighted by Gasteiger charge is -2.04. The van der Waals surface area contributed by atoms with Crippen molar-refractivity contribution in [1.29, 1.82) is 0 Å². The Morgan fingerprint density at radius 1 is 1.12 bits per heavy atom. The molecule has 0 saturated carbocycles. The van der Waals surface area contributed by atoms with Crippen LogP contribution in [0.25, 0.3) is 11.3 Å². The van der Waals surface area contributed by atoms with Crippen LogP contribution in [0.1, 0.15) is 10.4 Å². The van der Waals surface area contributed by atoms with Gasteiger partial charge in [-0.15, -0.1) is 0 Å². The molecule has 80 valence electrons. The van der Waals surface area contributed by atoms with E-state index in [9.17, 15) is 13.6 Å². The molecule has 0 saturated heterocycles. The van der Waals surface area contributed by atoms with Gasteiger partial charge in [-0.05, 0) is 24.3 Å². The summed E-state index contributed by atoms with van der Waals surface area (Å²) in [6, 6.07) is 6.38. The molecule has 1 aromatic heterocycles. The third-order valence-corrected chi connectivity index (χ3v) is 2.14. The molecule has 0 bridgehead atoms. The van der Waals surface area contributed by atoms with Crippen LogP contribution in [0.4, 0.5) is 8.78 Å². The Kier molecular flexibility index (Phi) is 2.72. The lowest BCUT2D eigenvalue weighted by molar-refractivity contribution is 0.112. The Morgan fingerprint density at radius 2 is 1.81 bits per heavy atom. The van der Waals surface area contributed by atoms with Crippen LogP contribution < -0.4 is 0 Å². The van der Waals surface area contributed by atoms with Gasteiger partial charge in [-0.2, -0.15) is 0 Å². The molecule has 0 N–H and O–H groups in total. The molecule has 4 heteroatoms. The van der Waals surface area contributed by atoms with Crippen molar-refractivity contribution in [3.05, 3.63) is 53.7 Å². The molecule has 2 rings (SSSR count). The Labute approximate surface area is 90.6 Å². The van der Waals surface area contributed by atoms with Gasteiger partial charge in [-0.1, -0.05) is 6.07 Å². The van der Waals surface area contributed by atoms with Crippen LogP contribution in [-0.4, -0.2) is 11.3 Å². The number of carbonyl (C=O) groups is 1. The molecule has 0 spiro atoms. The number of rotatable bonds is 2. The van der Waals surface area contributed by atoms with Gasteiger partial charge in [0.25, 0.3) is 0 Å². The van der Waals surface area contributed by atoms with Gasteiger partial charge in [0.15, 0.2) is 0 Å². The maximum atomic E-state index is 13.4. The zero-order valence-electron chi connectivity index (χ0n) is 8.15. The van der Waals surface area contributed by atoms with Gasteiger partial charge in [0, 0.05) is 11.8 Å². The van der Waals surface area contributed by atoms with Crippen LogP contribution >= 0.6 is 0 Å². The Morgan fingerprint density at radius 3 is 2.44 bits per heavy atom. The van der Waals surface area contributed by atoms with Gasteiger partial charge in [0.1, 0.15) is 17.9 Å². The van der Waals surface area contributed by atoms with Gasteiger partial charge < -0.3 is 0 Å². The summed E-state index contributed by atoms with van der Waals surface area (Å²) in [5.41, 5.74) is 0.221. The van der Waals surface area contributed by atoms with Crippen molar-refractivity contribution in [3.63, 3.8) is 0 Å². The second-order valence-electron chi connectivity index (χ2n) is 3.19. The van der Waals surface area contributed by atoms with Crippen LogP contribution in [0.5, 0.6) is 0 Å². The minimum atomic E-state index is -0.699. The topological polar surface area (TPSA) is 30.0 Å². The molecular formula is C12H7F2NO. The van der Waals surface area contributed by atoms with Crippen LogP contribution in [-0.2, 0) is 0 Å². The van der Waals surface area contributed by atoms with E-state index in [1.165, 1.54) is 24.4 Å². The number of halogens is 2. The largest absolute Gasteiger partial charge is 0.298 e. The van der Waals surface area contributed by atoms with Crippen LogP contribution in [0, 0.1) is 11.6 Å². The molecule has 16 heavy (non-hydrogen) atoms. The first-order valence-corrected chi connectivity index (χ1v) is 4.58. The summed E-state index contributed by atoms with van der Waals surface area (Å²) in [6.07, 6.45) is 1.94. The maximum Gasteiger partial charge on any atom is 0.150 e. The number of carbonyl (C=O) groups excluding carboxylic acids is 1. The monoisotopic (exact) mass is 219 g/mol. The first-order chi connectivity index (χ1) is 7.72. The lowest BCUT2D eigenvalue weighted by atomic mass is 10.1. The molecule has 2 nitrogen and oxygen atoms in total. The normalized spacial score (nSPS) is 10.1. The second-order valence-corrected chi connectivity index (χ2v) is 3.19. The maximum absolute atomic E-state index is 13.4. The smallest absolute Gasteiger partial charge is 0.150 e. The van der Waals surface area contributed by atoms with Crippen molar-refractivity contribution in [3.8, 4) is 11.3 Å². The molecule has 0 aliphatic heterocycles. The van der Waals surface area contributed by atoms with Crippen molar-refractivity contribution in [2.24, 2.45) is 0 Å². The van der Waals surface area contributed by atoms with E-state index in [0.717, 1.165) is 12.1 Å². The Bertz CT molecular complexity index is 520. The molecule has 0 aliphatic carbocycles. The van der Waals surface area contributed by atoms with Crippen LogP contribution in [0.15, 0.2) is 36.5 Å². The number of pyridine rings is 1. The molecular weight excluding hydrogens is 212 g/mol. The highest BCUT2D eigenvalue weighted by atomic mass is 19.1. The standard InChI is InChI=1S/C12H7F2NO/c13-9-2-1-3-10(14)12(9)11-6-8(7-16)4-5-15-11/h1-7H. The van der Waals surface area contributed by atoms with E-state index in [2.05, 4.69) is 4.98 Å². The summed E-state index contributed by atoms with van der Waals surface area (Å²) < 4.78 is 26.8. The zero-order chi connectivity index (χ0) is 11.5. The van der Waals surface area contributed by atoms with Crippen molar-refractivity contribution in [2.75, 3.05) is 0 Å². The fourth-order valence-electron chi connectivity index (χ4n) is 1.40. The second kappa shape index (κ2) is 4.18. The van der Waals surface area contributed by atoms with E-state index in [-0.39, 0.29) is 11.3 Å². The number of benzene rings is 1. The van der Waals surface area contributed by atoms with Crippen molar-refractivity contribution in [2.45, 2.75) is 0 Å². The summed E-state index contributed by atoms with van der Waals surface area (Å²) in [5.74, 6) is -1.40. The van der Waals surface area contributed by atoms with E-state index < -0.39 is 11.6 Å². The SMILES string of the molecule is O=Cc1ccnc(-c2c(F)cccc2F)c1. The predicted molar refractivity (Wildman–Crippen MR) is 55.0 cm³/mol. The van der Waals surface area contributed by atoms with E-state index in [1.807, 2.05) is 0 Å². The number of nitrogens with zero attached hydrogens (tertiary/aromatic N) is 1. The highest BCUT2D eigenvalue weighted by Crippen LogP contribution is 2.24. The zero-order valence-corrected chi connectivity index (χ0v) is 8.15. The third kappa shape index (κ3) is 1.82. The number of hydrogen-bond donors (Lipinski definition) is 0. The predicted octanol–water partition coefficient (Wildman–Crippen LogP) is 2.84. The summed E-state index contributed by atoms with van der Waals surface area (Å²) in [7, 11) is 0. The molecule has 0 radical (unpaired) electrons. The highest BCUT2D eigenvalue weighted by molar-refractivity contribution is 5.77. The molecule has 0 unspecified atom stereocenters. The van der Waals surface area contributed by atoms with Crippen LogP contribution in [0.2, 0.25) is 0 Å². The van der Waals surface area contributed by atoms with Gasteiger partial charge in [-0.3, -0.25) is 9.78 Å². The number of aldehydes is 1. The molecule has 0 fully saturated rings. The molecule has 1 aromatic carbocycles. The first-order valence-electron chi connectivity index (χ1n) is 4.58. The Balaban J connectivity index is 2.62. The summed E-state index contributed by atoms with van der Waals surface area (Å²) in [5, 5.41) is 0. The minimum absolute atomic E-state index is 0.111. The van der Waals surface area contributed by atoms with Crippen molar-refractivity contribution >= 4 is 6.29 Å². The quantitative estimate of drug-likeness (QED) is 0.727. The molecule has 0 aliphatic rings. The first kappa shape index (κ1) is 10.4. The van der Waals surface area contributed by atoms with Crippen molar-refractivity contribution < 1.29 is 13.6 Å². The molecule has 1 heterocycles. The summed E-state index contributed by atoms with van der Waals surface area (Å²) in [4.78, 5) is 14.4.